The molecule has 0 spiro atoms. The number of rotatable bonds is 7. The van der Waals surface area contributed by atoms with E-state index in [1.54, 1.807) is 6.92 Å². The molecule has 2 rings (SSSR count). The molecule has 0 saturated carbocycles. The molecule has 0 aromatic heterocycles. The Balaban J connectivity index is 2.32. The summed E-state index contributed by atoms with van der Waals surface area (Å²) in [5.41, 5.74) is -0.990. The zero-order valence-electron chi connectivity index (χ0n) is 15.6. The highest BCUT2D eigenvalue weighted by Gasteiger charge is 2.32. The summed E-state index contributed by atoms with van der Waals surface area (Å²) in [5.74, 6) is -0.0202. The van der Waals surface area contributed by atoms with Crippen LogP contribution in [-0.4, -0.2) is 25.8 Å². The fourth-order valence-electron chi connectivity index (χ4n) is 2.26. The molecule has 2 aromatic carbocycles. The molecule has 0 aliphatic heterocycles. The lowest BCUT2D eigenvalue weighted by Gasteiger charge is -2.17. The molecule has 2 aromatic rings. The van der Waals surface area contributed by atoms with Gasteiger partial charge in [-0.3, -0.25) is 0 Å². The van der Waals surface area contributed by atoms with Gasteiger partial charge in [-0.05, 0) is 38.1 Å². The fraction of sp³-hybridized carbons (Fsp3) is 0.316. The monoisotopic (exact) mass is 452 g/mol. The van der Waals surface area contributed by atoms with Crippen molar-refractivity contribution >= 4 is 29.2 Å². The molecule has 1 atom stereocenters. The van der Waals surface area contributed by atoms with Gasteiger partial charge < -0.3 is 18.9 Å². The van der Waals surface area contributed by atoms with Crippen LogP contribution < -0.4 is 14.2 Å². The first-order chi connectivity index (χ1) is 13.6. The normalized spacial score (nSPS) is 12.3. The van der Waals surface area contributed by atoms with E-state index in [9.17, 15) is 18.0 Å². The predicted molar refractivity (Wildman–Crippen MR) is 101 cm³/mol. The van der Waals surface area contributed by atoms with Gasteiger partial charge in [0.05, 0.1) is 29.3 Å². The number of hydrogen-bond donors (Lipinski definition) is 0. The molecule has 10 heteroatoms. The van der Waals surface area contributed by atoms with Crippen molar-refractivity contribution in [2.45, 2.75) is 26.1 Å². The van der Waals surface area contributed by atoms with Crippen molar-refractivity contribution in [1.29, 1.82) is 0 Å². The standard InChI is InChI=1S/C19H17Cl2F3O5/c1-4-27-16-9-12(5-6-15(16)28-10(2)18(25)26-3)29-17-13(20)7-11(8-14(17)21)19(22,23)24/h5-10H,4H2,1-3H3. The lowest BCUT2D eigenvalue weighted by molar-refractivity contribution is -0.148. The van der Waals surface area contributed by atoms with E-state index in [1.165, 1.54) is 32.2 Å². The summed E-state index contributed by atoms with van der Waals surface area (Å²) < 4.78 is 59.7. The zero-order valence-corrected chi connectivity index (χ0v) is 17.1. The van der Waals surface area contributed by atoms with Gasteiger partial charge in [-0.2, -0.15) is 13.2 Å². The molecule has 158 valence electrons. The van der Waals surface area contributed by atoms with Gasteiger partial charge in [-0.15, -0.1) is 0 Å². The zero-order chi connectivity index (χ0) is 21.8. The summed E-state index contributed by atoms with van der Waals surface area (Å²) in [6, 6.07) is 5.83. The third-order valence-electron chi connectivity index (χ3n) is 3.60. The number of carbonyl (C=O) groups is 1. The predicted octanol–water partition coefficient (Wildman–Crippen LogP) is 6.14. The first kappa shape index (κ1) is 23.0. The molecule has 5 nitrogen and oxygen atoms in total. The molecule has 0 heterocycles. The van der Waals surface area contributed by atoms with Gasteiger partial charge in [0.25, 0.3) is 0 Å². The molecule has 0 aliphatic rings. The first-order valence-corrected chi connectivity index (χ1v) is 9.07. The average Bonchev–Trinajstić information content (AvgIpc) is 2.65. The van der Waals surface area contributed by atoms with Crippen molar-refractivity contribution in [3.8, 4) is 23.0 Å². The van der Waals surface area contributed by atoms with Gasteiger partial charge in [0.15, 0.2) is 23.4 Å². The van der Waals surface area contributed by atoms with Gasteiger partial charge >= 0.3 is 12.1 Å². The van der Waals surface area contributed by atoms with Gasteiger partial charge in [0.2, 0.25) is 0 Å². The van der Waals surface area contributed by atoms with E-state index in [4.69, 9.17) is 37.4 Å². The van der Waals surface area contributed by atoms with Crippen LogP contribution in [0.3, 0.4) is 0 Å². The van der Waals surface area contributed by atoms with Crippen molar-refractivity contribution in [1.82, 2.24) is 0 Å². The molecule has 0 aliphatic carbocycles. The number of methoxy groups -OCH3 is 1. The number of esters is 1. The smallest absolute Gasteiger partial charge is 0.416 e. The number of carbonyl (C=O) groups excluding carboxylic acids is 1. The quantitative estimate of drug-likeness (QED) is 0.472. The summed E-state index contributed by atoms with van der Waals surface area (Å²) in [5, 5.41) is -0.607. The van der Waals surface area contributed by atoms with Crippen LogP contribution in [0.2, 0.25) is 10.0 Å². The Morgan fingerprint density at radius 2 is 1.72 bits per heavy atom. The second kappa shape index (κ2) is 9.45. The minimum Gasteiger partial charge on any atom is -0.490 e. The number of alkyl halides is 3. The largest absolute Gasteiger partial charge is 0.490 e. The lowest BCUT2D eigenvalue weighted by atomic mass is 10.2. The van der Waals surface area contributed by atoms with E-state index < -0.39 is 23.8 Å². The Kier molecular flexibility index (Phi) is 7.48. The van der Waals surface area contributed by atoms with Crippen LogP contribution in [0.1, 0.15) is 19.4 Å². The molecule has 1 unspecified atom stereocenters. The Morgan fingerprint density at radius 1 is 1.10 bits per heavy atom. The van der Waals surface area contributed by atoms with Crippen LogP contribution in [0, 0.1) is 0 Å². The minimum atomic E-state index is -4.59. The van der Waals surface area contributed by atoms with E-state index in [0.717, 1.165) is 12.1 Å². The molecular weight excluding hydrogens is 436 g/mol. The molecule has 0 saturated heterocycles. The van der Waals surface area contributed by atoms with Crippen molar-refractivity contribution in [3.63, 3.8) is 0 Å². The summed E-state index contributed by atoms with van der Waals surface area (Å²) in [6.45, 7) is 3.53. The highest BCUT2D eigenvalue weighted by molar-refractivity contribution is 6.37. The van der Waals surface area contributed by atoms with Crippen LogP contribution >= 0.6 is 23.2 Å². The third kappa shape index (κ3) is 5.83. The van der Waals surface area contributed by atoms with E-state index in [2.05, 4.69) is 4.74 Å². The Morgan fingerprint density at radius 3 is 2.24 bits per heavy atom. The highest BCUT2D eigenvalue weighted by atomic mass is 35.5. The number of halogens is 5. The SMILES string of the molecule is CCOc1cc(Oc2c(Cl)cc(C(F)(F)F)cc2Cl)ccc1OC(C)C(=O)OC. The van der Waals surface area contributed by atoms with Gasteiger partial charge in [0.1, 0.15) is 5.75 Å². The van der Waals surface area contributed by atoms with Crippen molar-refractivity contribution in [3.05, 3.63) is 45.9 Å². The van der Waals surface area contributed by atoms with Crippen LogP contribution in [0.5, 0.6) is 23.0 Å². The Bertz CT molecular complexity index is 864. The fourth-order valence-corrected chi connectivity index (χ4v) is 2.83. The van der Waals surface area contributed by atoms with Crippen LogP contribution in [0.15, 0.2) is 30.3 Å². The maximum absolute atomic E-state index is 12.9. The molecule has 0 fully saturated rings. The van der Waals surface area contributed by atoms with Crippen molar-refractivity contribution in [2.75, 3.05) is 13.7 Å². The van der Waals surface area contributed by atoms with Gasteiger partial charge in [-0.25, -0.2) is 4.79 Å². The van der Waals surface area contributed by atoms with E-state index in [-0.39, 0.29) is 39.7 Å². The summed E-state index contributed by atoms with van der Waals surface area (Å²) in [4.78, 5) is 11.5. The number of hydrogen-bond acceptors (Lipinski definition) is 5. The molecule has 0 radical (unpaired) electrons. The minimum absolute atomic E-state index is 0.139. The summed E-state index contributed by atoms with van der Waals surface area (Å²) in [7, 11) is 1.24. The van der Waals surface area contributed by atoms with Crippen LogP contribution in [-0.2, 0) is 15.7 Å². The average molecular weight is 453 g/mol. The third-order valence-corrected chi connectivity index (χ3v) is 4.16. The maximum Gasteiger partial charge on any atom is 0.416 e. The molecule has 0 amide bonds. The topological polar surface area (TPSA) is 54.0 Å². The maximum atomic E-state index is 12.9. The number of benzene rings is 2. The summed E-state index contributed by atoms with van der Waals surface area (Å²) >= 11 is 11.9. The van der Waals surface area contributed by atoms with Gasteiger partial charge in [0, 0.05) is 6.07 Å². The second-order valence-corrected chi connectivity index (χ2v) is 6.51. The highest BCUT2D eigenvalue weighted by Crippen LogP contribution is 2.43. The van der Waals surface area contributed by atoms with E-state index >= 15 is 0 Å². The van der Waals surface area contributed by atoms with E-state index in [0.29, 0.717) is 0 Å². The Labute approximate surface area is 175 Å². The molecule has 0 bridgehead atoms. The van der Waals surface area contributed by atoms with Crippen LogP contribution in [0.4, 0.5) is 13.2 Å². The molecule has 0 N–H and O–H groups in total. The van der Waals surface area contributed by atoms with Crippen LogP contribution in [0.25, 0.3) is 0 Å². The lowest BCUT2D eigenvalue weighted by Crippen LogP contribution is -2.25. The summed E-state index contributed by atoms with van der Waals surface area (Å²) in [6.07, 6.45) is -5.48. The Hall–Kier alpha value is -2.32. The van der Waals surface area contributed by atoms with Crippen molar-refractivity contribution in [2.24, 2.45) is 0 Å². The number of ether oxygens (including phenoxy) is 4. The van der Waals surface area contributed by atoms with Crippen molar-refractivity contribution < 1.29 is 36.9 Å². The molecular formula is C19H17Cl2F3O5. The van der Waals surface area contributed by atoms with E-state index in [1.807, 2.05) is 0 Å². The van der Waals surface area contributed by atoms with Gasteiger partial charge in [-0.1, -0.05) is 23.2 Å². The molecule has 29 heavy (non-hydrogen) atoms. The second-order valence-electron chi connectivity index (χ2n) is 5.69. The first-order valence-electron chi connectivity index (χ1n) is 8.32.